The van der Waals surface area contributed by atoms with Crippen molar-refractivity contribution in [1.29, 1.82) is 0 Å². The molecule has 2 bridgehead atoms. The molecule has 5 aliphatic rings. The Hall–Kier alpha value is -2.96. The molecule has 35 heavy (non-hydrogen) atoms. The summed E-state index contributed by atoms with van der Waals surface area (Å²) in [5.41, 5.74) is 1.51. The first kappa shape index (κ1) is 22.5. The monoisotopic (exact) mass is 508 g/mol. The van der Waals surface area contributed by atoms with Gasteiger partial charge in [0.05, 0.1) is 21.9 Å². The highest BCUT2D eigenvalue weighted by atomic mass is 35.5. The van der Waals surface area contributed by atoms with E-state index in [1.807, 2.05) is 6.92 Å². The average Bonchev–Trinajstić information content (AvgIpc) is 3.63. The van der Waals surface area contributed by atoms with E-state index in [-0.39, 0.29) is 33.2 Å². The van der Waals surface area contributed by atoms with E-state index < -0.39 is 36.1 Å². The summed E-state index contributed by atoms with van der Waals surface area (Å²) in [6.45, 7) is 1.46. The van der Waals surface area contributed by atoms with Crippen molar-refractivity contribution in [1.82, 2.24) is 10.0 Å². The minimum absolute atomic E-state index is 0.00572. The van der Waals surface area contributed by atoms with Crippen molar-refractivity contribution < 1.29 is 19.2 Å². The first-order valence-electron chi connectivity index (χ1n) is 11.7. The molecule has 1 saturated heterocycles. The molecule has 0 unspecified atom stereocenters. The van der Waals surface area contributed by atoms with E-state index in [9.17, 15) is 19.2 Å². The van der Waals surface area contributed by atoms with Crippen LogP contribution in [0.1, 0.15) is 32.7 Å². The van der Waals surface area contributed by atoms with Crippen molar-refractivity contribution in [3.8, 4) is 0 Å². The van der Waals surface area contributed by atoms with Gasteiger partial charge < -0.3 is 0 Å². The minimum atomic E-state index is -0.658. The molecule has 4 aliphatic carbocycles. The molecule has 0 radical (unpaired) electrons. The second-order valence-corrected chi connectivity index (χ2v) is 10.7. The first-order valence-corrected chi connectivity index (χ1v) is 12.4. The van der Waals surface area contributed by atoms with E-state index in [2.05, 4.69) is 12.2 Å². The maximum Gasteiger partial charge on any atom is 0.273 e. The fraction of sp³-hybridized carbons (Fsp3) is 0.333. The normalized spacial score (nSPS) is 29.7. The van der Waals surface area contributed by atoms with Crippen LogP contribution in [0.5, 0.6) is 0 Å². The molecule has 6 nitrogen and oxygen atoms in total. The quantitative estimate of drug-likeness (QED) is 0.336. The van der Waals surface area contributed by atoms with Gasteiger partial charge in [0.1, 0.15) is 6.54 Å². The highest BCUT2D eigenvalue weighted by Gasteiger charge is 2.68. The summed E-state index contributed by atoms with van der Waals surface area (Å²) in [6, 6.07) is 11.3. The van der Waals surface area contributed by atoms with Crippen LogP contribution >= 0.6 is 23.2 Å². The molecule has 7 rings (SSSR count). The maximum absolute atomic E-state index is 13.7. The van der Waals surface area contributed by atoms with Crippen LogP contribution < -0.4 is 0 Å². The number of Topliss-reactive ketones (excluding diaryl/α,β-unsaturated/α-hetero) is 1. The summed E-state index contributed by atoms with van der Waals surface area (Å²) in [4.78, 5) is 54.2. The smallest absolute Gasteiger partial charge is 0.273 e. The Labute approximate surface area is 212 Å². The van der Waals surface area contributed by atoms with Crippen LogP contribution in [0.4, 0.5) is 0 Å². The number of rotatable bonds is 5. The van der Waals surface area contributed by atoms with Gasteiger partial charge in [-0.25, -0.2) is 5.01 Å². The number of aryl methyl sites for hydroxylation is 1. The summed E-state index contributed by atoms with van der Waals surface area (Å²) < 4.78 is 0. The number of ketones is 1. The Morgan fingerprint density at radius 1 is 0.886 bits per heavy atom. The molecule has 1 heterocycles. The molecule has 2 saturated carbocycles. The molecular formula is C27H22Cl2N2O4. The molecule has 1 aliphatic heterocycles. The van der Waals surface area contributed by atoms with Gasteiger partial charge in [0.25, 0.3) is 17.7 Å². The number of halogens is 2. The summed E-state index contributed by atoms with van der Waals surface area (Å²) in [5.74, 6) is -1.96. The summed E-state index contributed by atoms with van der Waals surface area (Å²) in [7, 11) is 0. The summed E-state index contributed by atoms with van der Waals surface area (Å²) in [6.07, 6.45) is 5.17. The number of hydrogen-bond donors (Lipinski definition) is 0. The molecule has 3 amide bonds. The van der Waals surface area contributed by atoms with Crippen molar-refractivity contribution >= 4 is 46.7 Å². The molecule has 178 valence electrons. The predicted octanol–water partition coefficient (Wildman–Crippen LogP) is 4.60. The number of allylic oxidation sites excluding steroid dienone is 2. The number of amides is 3. The zero-order chi connectivity index (χ0) is 24.6. The molecule has 0 spiro atoms. The van der Waals surface area contributed by atoms with Crippen LogP contribution in [-0.4, -0.2) is 40.1 Å². The van der Waals surface area contributed by atoms with Gasteiger partial charge in [-0.15, -0.1) is 0 Å². The third kappa shape index (κ3) is 3.46. The van der Waals surface area contributed by atoms with E-state index >= 15 is 0 Å². The lowest BCUT2D eigenvalue weighted by Gasteiger charge is -2.37. The third-order valence-corrected chi connectivity index (χ3v) is 8.69. The average molecular weight is 509 g/mol. The SMILES string of the molecule is Cc1ccc(C(=O)CN(C(=O)c2ccc(Cl)c(Cl)c2)N2C(=O)[C@@H]3[C@H]4C=C[C@@H]([C@@H]5C[C@H]45)[C@H]3C2=O)cc1. The molecular weight excluding hydrogens is 487 g/mol. The zero-order valence-electron chi connectivity index (χ0n) is 18.9. The van der Waals surface area contributed by atoms with E-state index in [4.69, 9.17) is 23.2 Å². The second-order valence-electron chi connectivity index (χ2n) is 9.92. The Bertz CT molecular complexity index is 1280. The van der Waals surface area contributed by atoms with E-state index in [0.717, 1.165) is 22.0 Å². The van der Waals surface area contributed by atoms with E-state index in [1.54, 1.807) is 24.3 Å². The molecule has 6 atom stereocenters. The van der Waals surface area contributed by atoms with Crippen molar-refractivity contribution in [3.05, 3.63) is 81.4 Å². The number of nitrogens with zero attached hydrogens (tertiary/aromatic N) is 2. The van der Waals surface area contributed by atoms with Crippen molar-refractivity contribution in [3.63, 3.8) is 0 Å². The number of imide groups is 1. The van der Waals surface area contributed by atoms with E-state index in [1.165, 1.54) is 18.2 Å². The van der Waals surface area contributed by atoms with Gasteiger partial charge in [-0.05, 0) is 55.2 Å². The van der Waals surface area contributed by atoms with Crippen LogP contribution in [0.3, 0.4) is 0 Å². The van der Waals surface area contributed by atoms with Crippen molar-refractivity contribution in [2.45, 2.75) is 13.3 Å². The topological polar surface area (TPSA) is 74.8 Å². The number of hydrogen-bond acceptors (Lipinski definition) is 4. The molecule has 3 fully saturated rings. The largest absolute Gasteiger partial charge is 0.292 e. The van der Waals surface area contributed by atoms with E-state index in [0.29, 0.717) is 17.4 Å². The summed E-state index contributed by atoms with van der Waals surface area (Å²) >= 11 is 12.2. The number of carbonyl (C=O) groups excluding carboxylic acids is 4. The van der Waals surface area contributed by atoms with Gasteiger partial charge in [0, 0.05) is 11.1 Å². The standard InChI is InChI=1S/C27H22Cl2N2O4/c1-13-2-4-14(5-3-13)22(32)12-30(25(33)15-6-9-20(28)21(29)10-15)31-26(34)23-16-7-8-17(19-11-18(16)19)24(23)27(31)35/h2-10,16-19,23-24H,11-12H2,1H3/t16-,17-,18-,19+,23+,24+/m0/s1. The van der Waals surface area contributed by atoms with Gasteiger partial charge >= 0.3 is 0 Å². The van der Waals surface area contributed by atoms with Crippen LogP contribution in [0, 0.1) is 42.4 Å². The Kier molecular flexibility index (Phi) is 5.17. The molecule has 8 heteroatoms. The maximum atomic E-state index is 13.7. The third-order valence-electron chi connectivity index (χ3n) is 7.95. The Balaban J connectivity index is 1.37. The number of carbonyl (C=O) groups is 4. The van der Waals surface area contributed by atoms with Crippen LogP contribution in [0.2, 0.25) is 10.0 Å². The predicted molar refractivity (Wildman–Crippen MR) is 130 cm³/mol. The molecule has 0 aromatic heterocycles. The van der Waals surface area contributed by atoms with Gasteiger partial charge in [0.15, 0.2) is 5.78 Å². The molecule has 2 aromatic rings. The highest BCUT2D eigenvalue weighted by Crippen LogP contribution is 2.65. The van der Waals surface area contributed by atoms with Crippen molar-refractivity contribution in [2.24, 2.45) is 35.5 Å². The minimum Gasteiger partial charge on any atom is -0.292 e. The highest BCUT2D eigenvalue weighted by molar-refractivity contribution is 6.42. The lowest BCUT2D eigenvalue weighted by molar-refractivity contribution is -0.154. The first-order chi connectivity index (χ1) is 16.8. The van der Waals surface area contributed by atoms with Gasteiger partial charge in [-0.3, -0.25) is 19.2 Å². The van der Waals surface area contributed by atoms with Crippen LogP contribution in [0.25, 0.3) is 0 Å². The fourth-order valence-corrected chi connectivity index (χ4v) is 6.46. The lowest BCUT2D eigenvalue weighted by atomic mass is 9.63. The van der Waals surface area contributed by atoms with Crippen LogP contribution in [0.15, 0.2) is 54.6 Å². The Morgan fingerprint density at radius 3 is 2.03 bits per heavy atom. The molecule has 0 N–H and O–H groups in total. The fourth-order valence-electron chi connectivity index (χ4n) is 6.16. The Morgan fingerprint density at radius 2 is 1.46 bits per heavy atom. The second kappa shape index (κ2) is 8.04. The zero-order valence-corrected chi connectivity index (χ0v) is 20.4. The van der Waals surface area contributed by atoms with Crippen molar-refractivity contribution in [2.75, 3.05) is 6.54 Å². The number of hydrazine groups is 1. The molecule has 2 aromatic carbocycles. The summed E-state index contributed by atoms with van der Waals surface area (Å²) in [5, 5.41) is 2.36. The van der Waals surface area contributed by atoms with Gasteiger partial charge in [-0.2, -0.15) is 5.01 Å². The lowest BCUT2D eigenvalue weighted by Crippen LogP contribution is -2.52. The van der Waals surface area contributed by atoms with Gasteiger partial charge in [-0.1, -0.05) is 65.2 Å². The number of benzene rings is 2. The van der Waals surface area contributed by atoms with Crippen LogP contribution in [-0.2, 0) is 9.59 Å². The van der Waals surface area contributed by atoms with Gasteiger partial charge in [0.2, 0.25) is 0 Å².